The van der Waals surface area contributed by atoms with Gasteiger partial charge in [0.15, 0.2) is 27.2 Å². The third-order valence-corrected chi connectivity index (χ3v) is 9.50. The zero-order valence-electron chi connectivity index (χ0n) is 16.7. The topological polar surface area (TPSA) is 197 Å². The fraction of sp³-hybridized carbons (Fsp3) is 0.688. The molecule has 13 nitrogen and oxygen atoms in total. The molecule has 0 aromatic carbocycles. The van der Waals surface area contributed by atoms with Gasteiger partial charge in [0.25, 0.3) is 0 Å². The van der Waals surface area contributed by atoms with E-state index in [2.05, 4.69) is 20.4 Å². The van der Waals surface area contributed by atoms with Crippen LogP contribution in [0.5, 0.6) is 0 Å². The predicted molar refractivity (Wildman–Crippen MR) is 113 cm³/mol. The van der Waals surface area contributed by atoms with Crippen molar-refractivity contribution in [2.45, 2.75) is 43.8 Å². The Morgan fingerprint density at radius 2 is 1.97 bits per heavy atom. The molecule has 0 amide bonds. The number of hydrogen-bond acceptors (Lipinski definition) is 10. The molecule has 2 aromatic heterocycles. The van der Waals surface area contributed by atoms with Crippen LogP contribution in [0.2, 0.25) is 5.28 Å². The number of fused-ring (bicyclic) bond motifs is 1. The predicted octanol–water partition coefficient (Wildman–Crippen LogP) is -0.139. The van der Waals surface area contributed by atoms with E-state index in [0.29, 0.717) is 23.7 Å². The average molecular weight is 512 g/mol. The SMILES string of the molecule is O=P(O)(O)CS(=O)(=O)C[C@H]1O[C@@H](n2ncc3c(NCC4CCC4)nc(Cl)nc32)[C@H](O)[C@@H]1O. The van der Waals surface area contributed by atoms with Crippen LogP contribution in [0, 0.1) is 5.92 Å². The molecule has 0 bridgehead atoms. The van der Waals surface area contributed by atoms with Gasteiger partial charge in [-0.05, 0) is 30.4 Å². The molecule has 0 unspecified atom stereocenters. The van der Waals surface area contributed by atoms with Crippen molar-refractivity contribution < 1.29 is 37.7 Å². The smallest absolute Gasteiger partial charge is 0.340 e. The van der Waals surface area contributed by atoms with E-state index in [1.54, 1.807) is 0 Å². The van der Waals surface area contributed by atoms with E-state index >= 15 is 0 Å². The Labute approximate surface area is 187 Å². The Hall–Kier alpha value is -1.38. The third-order valence-electron chi connectivity index (χ3n) is 5.57. The van der Waals surface area contributed by atoms with E-state index in [-0.39, 0.29) is 10.9 Å². The van der Waals surface area contributed by atoms with Crippen LogP contribution < -0.4 is 5.32 Å². The number of aromatic nitrogens is 4. The number of anilines is 1. The normalized spacial score (nSPS) is 27.0. The van der Waals surface area contributed by atoms with Gasteiger partial charge in [0.1, 0.15) is 24.1 Å². The molecule has 2 aromatic rings. The number of nitrogens with one attached hydrogen (secondary N) is 1. The molecule has 4 atom stereocenters. The van der Waals surface area contributed by atoms with Gasteiger partial charge in [-0.1, -0.05) is 6.42 Å². The van der Waals surface area contributed by atoms with Crippen molar-refractivity contribution in [2.24, 2.45) is 5.92 Å². The fourth-order valence-corrected chi connectivity index (χ4v) is 7.20. The van der Waals surface area contributed by atoms with E-state index in [9.17, 15) is 23.2 Å². The summed E-state index contributed by atoms with van der Waals surface area (Å²) in [6, 6.07) is 0. The first-order valence-electron chi connectivity index (χ1n) is 9.85. The van der Waals surface area contributed by atoms with Crippen molar-refractivity contribution in [2.75, 3.05) is 23.1 Å². The highest BCUT2D eigenvalue weighted by Gasteiger charge is 2.47. The zero-order valence-corrected chi connectivity index (χ0v) is 19.1. The molecule has 1 aliphatic carbocycles. The van der Waals surface area contributed by atoms with E-state index < -0.39 is 53.2 Å². The summed E-state index contributed by atoms with van der Waals surface area (Å²) in [5.74, 6) is 0.0995. The number of rotatable bonds is 8. The lowest BCUT2D eigenvalue weighted by molar-refractivity contribution is -0.0364. The van der Waals surface area contributed by atoms with Crippen LogP contribution in [0.4, 0.5) is 5.82 Å². The van der Waals surface area contributed by atoms with Gasteiger partial charge in [-0.25, -0.2) is 13.1 Å². The molecule has 0 spiro atoms. The van der Waals surface area contributed by atoms with E-state index in [4.69, 9.17) is 26.1 Å². The quantitative estimate of drug-likeness (QED) is 0.232. The molecule has 1 aliphatic heterocycles. The Kier molecular flexibility index (Phi) is 6.51. The monoisotopic (exact) mass is 511 g/mol. The maximum Gasteiger partial charge on any atom is 0.340 e. The molecule has 0 radical (unpaired) electrons. The molecular formula is C16H23ClN5O8PS. The van der Waals surface area contributed by atoms with Gasteiger partial charge in [-0.2, -0.15) is 15.1 Å². The Morgan fingerprint density at radius 3 is 2.59 bits per heavy atom. The number of hydrogen-bond donors (Lipinski definition) is 5. The maximum absolute atomic E-state index is 12.1. The van der Waals surface area contributed by atoms with Crippen molar-refractivity contribution >= 4 is 45.9 Å². The Morgan fingerprint density at radius 1 is 1.25 bits per heavy atom. The Balaban J connectivity index is 1.57. The van der Waals surface area contributed by atoms with Crippen LogP contribution in [0.3, 0.4) is 0 Å². The van der Waals surface area contributed by atoms with Crippen LogP contribution in [-0.4, -0.2) is 84.3 Å². The summed E-state index contributed by atoms with van der Waals surface area (Å²) in [5.41, 5.74) is -1.19. The second-order valence-electron chi connectivity index (χ2n) is 8.10. The van der Waals surface area contributed by atoms with Gasteiger partial charge in [-0.3, -0.25) is 4.57 Å². The number of nitrogens with zero attached hydrogens (tertiary/aromatic N) is 4. The molecule has 1 saturated carbocycles. The molecule has 1 saturated heterocycles. The van der Waals surface area contributed by atoms with E-state index in [0.717, 1.165) is 12.8 Å². The first-order valence-corrected chi connectivity index (χ1v) is 13.8. The van der Waals surface area contributed by atoms with Gasteiger partial charge in [0.05, 0.1) is 17.3 Å². The summed E-state index contributed by atoms with van der Waals surface area (Å²) in [5, 5.41) is 28.6. The second-order valence-corrected chi connectivity index (χ2v) is 12.6. The van der Waals surface area contributed by atoms with Crippen molar-refractivity contribution in [3.8, 4) is 0 Å². The summed E-state index contributed by atoms with van der Waals surface area (Å²) in [7, 11) is -9.13. The van der Waals surface area contributed by atoms with Crippen LogP contribution in [-0.2, 0) is 19.1 Å². The van der Waals surface area contributed by atoms with E-state index in [1.165, 1.54) is 17.3 Å². The first kappa shape index (κ1) is 23.8. The number of aliphatic hydroxyl groups excluding tert-OH is 2. The second kappa shape index (κ2) is 8.76. The maximum atomic E-state index is 12.1. The zero-order chi connectivity index (χ0) is 23.3. The minimum Gasteiger partial charge on any atom is -0.387 e. The first-order chi connectivity index (χ1) is 14.9. The summed E-state index contributed by atoms with van der Waals surface area (Å²) in [4.78, 5) is 26.2. The van der Waals surface area contributed by atoms with Gasteiger partial charge >= 0.3 is 7.60 Å². The van der Waals surface area contributed by atoms with Crippen molar-refractivity contribution in [3.05, 3.63) is 11.5 Å². The lowest BCUT2D eigenvalue weighted by Gasteiger charge is -2.25. The van der Waals surface area contributed by atoms with Crippen LogP contribution in [0.1, 0.15) is 25.5 Å². The highest BCUT2D eigenvalue weighted by molar-refractivity contribution is 7.97. The fourth-order valence-electron chi connectivity index (χ4n) is 3.79. The minimum atomic E-state index is -4.84. The number of aliphatic hydroxyl groups is 2. The van der Waals surface area contributed by atoms with Crippen molar-refractivity contribution in [1.29, 1.82) is 0 Å². The van der Waals surface area contributed by atoms with Crippen LogP contribution >= 0.6 is 19.2 Å². The summed E-state index contributed by atoms with van der Waals surface area (Å²) >= 11 is 6.06. The van der Waals surface area contributed by atoms with Gasteiger partial charge in [0, 0.05) is 6.54 Å². The largest absolute Gasteiger partial charge is 0.387 e. The molecule has 2 aliphatic rings. The standard InChI is InChI=1S/C16H23ClN5O8PS/c17-16-20-13(18-4-8-2-1-3-8)9-5-19-22(14(9)21-16)15-12(24)11(23)10(30-15)6-32(28,29)7-31(25,26)27/h5,8,10-12,15,23-24H,1-4,6-7H2,(H,18,20,21)(H2,25,26,27)/t10-,11-,12-,15-/m1/s1. The summed E-state index contributed by atoms with van der Waals surface area (Å²) in [6.45, 7) is 0.703. The third kappa shape index (κ3) is 5.07. The molecule has 2 fully saturated rings. The lowest BCUT2D eigenvalue weighted by atomic mass is 9.85. The molecular weight excluding hydrogens is 489 g/mol. The van der Waals surface area contributed by atoms with Gasteiger partial charge in [-0.15, -0.1) is 0 Å². The van der Waals surface area contributed by atoms with Crippen molar-refractivity contribution in [1.82, 2.24) is 19.7 Å². The summed E-state index contributed by atoms with van der Waals surface area (Å²) < 4.78 is 41.9. The lowest BCUT2D eigenvalue weighted by Crippen LogP contribution is -2.36. The van der Waals surface area contributed by atoms with Gasteiger partial charge < -0.3 is 30.1 Å². The minimum absolute atomic E-state index is 0.0795. The molecule has 16 heteroatoms. The molecule has 4 rings (SSSR count). The van der Waals surface area contributed by atoms with Crippen LogP contribution in [0.15, 0.2) is 6.20 Å². The molecule has 32 heavy (non-hydrogen) atoms. The number of ether oxygens (including phenoxy) is 1. The van der Waals surface area contributed by atoms with Crippen LogP contribution in [0.25, 0.3) is 11.0 Å². The Bertz CT molecular complexity index is 1150. The summed E-state index contributed by atoms with van der Waals surface area (Å²) in [6.07, 6.45) is -1.07. The molecule has 3 heterocycles. The molecule has 5 N–H and O–H groups in total. The average Bonchev–Trinajstić information content (AvgIpc) is 3.14. The van der Waals surface area contributed by atoms with Gasteiger partial charge in [0.2, 0.25) is 5.28 Å². The number of sulfone groups is 1. The highest BCUT2D eigenvalue weighted by Crippen LogP contribution is 2.38. The molecule has 178 valence electrons. The number of halogens is 1. The van der Waals surface area contributed by atoms with Crippen molar-refractivity contribution in [3.63, 3.8) is 0 Å². The van der Waals surface area contributed by atoms with E-state index in [1.807, 2.05) is 0 Å². The highest BCUT2D eigenvalue weighted by atomic mass is 35.5.